The van der Waals surface area contributed by atoms with Gasteiger partial charge in [0.1, 0.15) is 5.82 Å². The summed E-state index contributed by atoms with van der Waals surface area (Å²) in [6.45, 7) is 6.29. The minimum Gasteiger partial charge on any atom is -0.314 e. The number of rotatable bonds is 5. The van der Waals surface area contributed by atoms with Crippen LogP contribution >= 0.6 is 11.6 Å². The molecule has 1 aliphatic rings. The zero-order chi connectivity index (χ0) is 13.7. The second kappa shape index (κ2) is 7.22. The van der Waals surface area contributed by atoms with Crippen LogP contribution in [0.15, 0.2) is 18.2 Å². The van der Waals surface area contributed by atoms with Crippen LogP contribution in [0, 0.1) is 5.82 Å². The minimum absolute atomic E-state index is 0.261. The summed E-state index contributed by atoms with van der Waals surface area (Å²) in [5.41, 5.74) is 1.07. The van der Waals surface area contributed by atoms with Crippen molar-refractivity contribution in [2.75, 3.05) is 26.2 Å². The summed E-state index contributed by atoms with van der Waals surface area (Å²) in [7, 11) is 0. The highest BCUT2D eigenvalue weighted by atomic mass is 35.5. The van der Waals surface area contributed by atoms with Crippen LogP contribution in [0.2, 0.25) is 5.02 Å². The van der Waals surface area contributed by atoms with Crippen LogP contribution in [-0.4, -0.2) is 31.1 Å². The third-order valence-corrected chi connectivity index (χ3v) is 4.07. The average Bonchev–Trinajstić information content (AvgIpc) is 2.42. The van der Waals surface area contributed by atoms with Crippen molar-refractivity contribution in [2.45, 2.75) is 32.2 Å². The predicted molar refractivity (Wildman–Crippen MR) is 78.1 cm³/mol. The topological polar surface area (TPSA) is 15.3 Å². The molecule has 2 nitrogen and oxygen atoms in total. The van der Waals surface area contributed by atoms with Crippen molar-refractivity contribution in [3.63, 3.8) is 0 Å². The molecule has 0 aliphatic carbocycles. The van der Waals surface area contributed by atoms with Gasteiger partial charge in [0.2, 0.25) is 0 Å². The van der Waals surface area contributed by atoms with Crippen LogP contribution in [0.5, 0.6) is 0 Å². The van der Waals surface area contributed by atoms with Crippen LogP contribution in [0.4, 0.5) is 4.39 Å². The van der Waals surface area contributed by atoms with Gasteiger partial charge in [-0.3, -0.25) is 4.90 Å². The monoisotopic (exact) mass is 284 g/mol. The van der Waals surface area contributed by atoms with Crippen molar-refractivity contribution >= 4 is 11.6 Å². The Morgan fingerprint density at radius 1 is 1.37 bits per heavy atom. The molecule has 1 aliphatic heterocycles. The number of nitrogens with one attached hydrogen (secondary N) is 1. The number of benzene rings is 1. The fourth-order valence-corrected chi connectivity index (χ4v) is 2.99. The Balaban J connectivity index is 2.19. The van der Waals surface area contributed by atoms with Crippen LogP contribution in [0.3, 0.4) is 0 Å². The molecule has 0 amide bonds. The summed E-state index contributed by atoms with van der Waals surface area (Å²) in [5.74, 6) is -0.261. The Kier molecular flexibility index (Phi) is 5.61. The van der Waals surface area contributed by atoms with Gasteiger partial charge in [-0.1, -0.05) is 37.4 Å². The highest BCUT2D eigenvalue weighted by Crippen LogP contribution is 2.32. The second-order valence-corrected chi connectivity index (χ2v) is 5.52. The Morgan fingerprint density at radius 3 is 2.74 bits per heavy atom. The molecule has 19 heavy (non-hydrogen) atoms. The summed E-state index contributed by atoms with van der Waals surface area (Å²) in [6, 6.07) is 5.11. The van der Waals surface area contributed by atoms with Crippen molar-refractivity contribution in [2.24, 2.45) is 0 Å². The zero-order valence-corrected chi connectivity index (χ0v) is 12.2. The van der Waals surface area contributed by atoms with Gasteiger partial charge in [-0.05, 0) is 24.1 Å². The lowest BCUT2D eigenvalue weighted by molar-refractivity contribution is 0.163. The Labute approximate surface area is 119 Å². The van der Waals surface area contributed by atoms with E-state index < -0.39 is 0 Å². The molecule has 1 heterocycles. The quantitative estimate of drug-likeness (QED) is 0.888. The molecular formula is C15H22ClFN2. The summed E-state index contributed by atoms with van der Waals surface area (Å²) in [6.07, 6.45) is 3.42. The number of piperazine rings is 1. The molecule has 0 unspecified atom stereocenters. The van der Waals surface area contributed by atoms with E-state index in [1.165, 1.54) is 25.0 Å². The van der Waals surface area contributed by atoms with Crippen molar-refractivity contribution < 1.29 is 4.39 Å². The summed E-state index contributed by atoms with van der Waals surface area (Å²) < 4.78 is 13.2. The number of hydrogen-bond donors (Lipinski definition) is 1. The Morgan fingerprint density at radius 2 is 2.11 bits per heavy atom. The highest BCUT2D eigenvalue weighted by molar-refractivity contribution is 6.31. The molecule has 1 aromatic rings. The molecule has 1 N–H and O–H groups in total. The summed E-state index contributed by atoms with van der Waals surface area (Å²) >= 11 is 6.24. The molecule has 1 saturated heterocycles. The average molecular weight is 285 g/mol. The lowest BCUT2D eigenvalue weighted by Crippen LogP contribution is -2.45. The van der Waals surface area contributed by atoms with Gasteiger partial charge < -0.3 is 5.32 Å². The lowest BCUT2D eigenvalue weighted by atomic mass is 9.98. The molecule has 0 spiro atoms. The SMILES string of the molecule is CCCC[C@@H](c1ccc(F)cc1Cl)N1CCNCC1. The zero-order valence-electron chi connectivity index (χ0n) is 11.5. The number of halogens is 2. The van der Waals surface area contributed by atoms with Crippen LogP contribution < -0.4 is 5.32 Å². The Hall–Kier alpha value is -0.640. The molecule has 1 aromatic carbocycles. The summed E-state index contributed by atoms with van der Waals surface area (Å²) in [4.78, 5) is 2.46. The molecule has 0 radical (unpaired) electrons. The number of unbranched alkanes of at least 4 members (excludes halogenated alkanes) is 1. The standard InChI is InChI=1S/C15H22ClFN2/c1-2-3-4-15(19-9-7-18-8-10-19)13-6-5-12(17)11-14(13)16/h5-6,11,15,18H,2-4,7-10H2,1H3/t15-/m0/s1. The van der Waals surface area contributed by atoms with E-state index in [2.05, 4.69) is 17.1 Å². The summed E-state index contributed by atoms with van der Waals surface area (Å²) in [5, 5.41) is 3.92. The van der Waals surface area contributed by atoms with E-state index in [0.29, 0.717) is 11.1 Å². The number of nitrogens with zero attached hydrogens (tertiary/aromatic N) is 1. The third kappa shape index (κ3) is 3.91. The fraction of sp³-hybridized carbons (Fsp3) is 0.600. The maximum Gasteiger partial charge on any atom is 0.124 e. The molecule has 0 aromatic heterocycles. The van der Waals surface area contributed by atoms with Crippen LogP contribution in [0.1, 0.15) is 37.8 Å². The molecule has 0 saturated carbocycles. The first-order valence-electron chi connectivity index (χ1n) is 7.12. The van der Waals surface area contributed by atoms with E-state index >= 15 is 0 Å². The third-order valence-electron chi connectivity index (χ3n) is 3.74. The maximum absolute atomic E-state index is 13.2. The van der Waals surface area contributed by atoms with Gasteiger partial charge in [-0.25, -0.2) is 4.39 Å². The first kappa shape index (κ1) is 14.8. The van der Waals surface area contributed by atoms with Gasteiger partial charge in [0.15, 0.2) is 0 Å². The number of hydrogen-bond acceptors (Lipinski definition) is 2. The molecule has 106 valence electrons. The van der Waals surface area contributed by atoms with Gasteiger partial charge in [-0.2, -0.15) is 0 Å². The van der Waals surface area contributed by atoms with E-state index in [1.54, 1.807) is 0 Å². The highest BCUT2D eigenvalue weighted by Gasteiger charge is 2.23. The molecular weight excluding hydrogens is 263 g/mol. The van der Waals surface area contributed by atoms with Crippen molar-refractivity contribution in [3.8, 4) is 0 Å². The van der Waals surface area contributed by atoms with Gasteiger partial charge in [0.25, 0.3) is 0 Å². The molecule has 2 rings (SSSR count). The van der Waals surface area contributed by atoms with E-state index in [4.69, 9.17) is 11.6 Å². The van der Waals surface area contributed by atoms with Crippen molar-refractivity contribution in [1.82, 2.24) is 10.2 Å². The van der Waals surface area contributed by atoms with E-state index in [1.807, 2.05) is 6.07 Å². The lowest BCUT2D eigenvalue weighted by Gasteiger charge is -2.35. The van der Waals surface area contributed by atoms with Gasteiger partial charge in [0, 0.05) is 37.2 Å². The van der Waals surface area contributed by atoms with E-state index in [9.17, 15) is 4.39 Å². The first-order valence-corrected chi connectivity index (χ1v) is 7.50. The van der Waals surface area contributed by atoms with Crippen molar-refractivity contribution in [1.29, 1.82) is 0 Å². The fourth-order valence-electron chi connectivity index (χ4n) is 2.70. The van der Waals surface area contributed by atoms with Gasteiger partial charge in [-0.15, -0.1) is 0 Å². The molecule has 1 atom stereocenters. The molecule has 1 fully saturated rings. The van der Waals surface area contributed by atoms with Crippen LogP contribution in [-0.2, 0) is 0 Å². The van der Waals surface area contributed by atoms with Gasteiger partial charge >= 0.3 is 0 Å². The molecule has 0 bridgehead atoms. The Bertz CT molecular complexity index is 405. The normalized spacial score (nSPS) is 18.5. The predicted octanol–water partition coefficient (Wildman–Crippen LogP) is 3.62. The van der Waals surface area contributed by atoms with E-state index in [0.717, 1.165) is 38.2 Å². The largest absolute Gasteiger partial charge is 0.314 e. The second-order valence-electron chi connectivity index (χ2n) is 5.11. The minimum atomic E-state index is -0.261. The smallest absolute Gasteiger partial charge is 0.124 e. The first-order chi connectivity index (χ1) is 9.22. The maximum atomic E-state index is 13.2. The van der Waals surface area contributed by atoms with Gasteiger partial charge in [0.05, 0.1) is 0 Å². The van der Waals surface area contributed by atoms with Crippen molar-refractivity contribution in [3.05, 3.63) is 34.6 Å². The van der Waals surface area contributed by atoms with E-state index in [-0.39, 0.29) is 5.82 Å². The van der Waals surface area contributed by atoms with Crippen LogP contribution in [0.25, 0.3) is 0 Å². The molecule has 4 heteroatoms.